The van der Waals surface area contributed by atoms with Crippen molar-refractivity contribution in [3.05, 3.63) is 75.6 Å². The molecule has 11 heteroatoms. The van der Waals surface area contributed by atoms with Crippen molar-refractivity contribution < 1.29 is 24.0 Å². The third-order valence-electron chi connectivity index (χ3n) is 4.69. The fraction of sp³-hybridized carbons (Fsp3) is 0.136. The minimum absolute atomic E-state index is 0.00872. The highest BCUT2D eigenvalue weighted by molar-refractivity contribution is 6.00. The van der Waals surface area contributed by atoms with Crippen molar-refractivity contribution in [2.75, 3.05) is 20.0 Å². The smallest absolute Gasteiger partial charge is 0.357 e. The highest BCUT2D eigenvalue weighted by Gasteiger charge is 2.23. The van der Waals surface area contributed by atoms with E-state index in [0.717, 1.165) is 7.11 Å². The number of rotatable bonds is 7. The Hall–Kier alpha value is -4.85. The number of carbonyl (C=O) groups excluding carboxylic acids is 1. The summed E-state index contributed by atoms with van der Waals surface area (Å²) in [6.07, 6.45) is 1.29. The van der Waals surface area contributed by atoms with Gasteiger partial charge in [0.2, 0.25) is 0 Å². The number of nitrogens with two attached hydrogens (primary N) is 1. The molecule has 2 aromatic carbocycles. The van der Waals surface area contributed by atoms with E-state index >= 15 is 0 Å². The van der Waals surface area contributed by atoms with Crippen LogP contribution in [0.5, 0.6) is 11.5 Å². The molecule has 0 aliphatic rings. The number of carbonyl (C=O) groups is 1. The molecular formula is C22H19N5O6. The van der Waals surface area contributed by atoms with E-state index in [4.69, 9.17) is 20.0 Å². The Morgan fingerprint density at radius 2 is 1.97 bits per heavy atom. The van der Waals surface area contributed by atoms with E-state index in [1.54, 1.807) is 31.2 Å². The molecule has 0 spiro atoms. The summed E-state index contributed by atoms with van der Waals surface area (Å²) in [4.78, 5) is 28.6. The van der Waals surface area contributed by atoms with Crippen molar-refractivity contribution in [1.29, 1.82) is 5.26 Å². The first kappa shape index (κ1) is 22.8. The summed E-state index contributed by atoms with van der Waals surface area (Å²) in [6.45, 7) is 1.69. The number of nitro benzene ring substituents is 1. The summed E-state index contributed by atoms with van der Waals surface area (Å²) in [5.74, 6) is -0.209. The molecule has 1 aromatic heterocycles. The third-order valence-corrected chi connectivity index (χ3v) is 4.69. The quantitative estimate of drug-likeness (QED) is 0.249. The van der Waals surface area contributed by atoms with Crippen LogP contribution >= 0.6 is 0 Å². The van der Waals surface area contributed by atoms with Gasteiger partial charge < -0.3 is 24.6 Å². The molecule has 3 rings (SSSR count). The second-order valence-corrected chi connectivity index (χ2v) is 6.69. The second kappa shape index (κ2) is 9.52. The number of hydrogen-bond acceptors (Lipinski definition) is 9. The number of hydrogen-bond donors (Lipinski definition) is 1. The Morgan fingerprint density at radius 3 is 2.61 bits per heavy atom. The predicted molar refractivity (Wildman–Crippen MR) is 119 cm³/mol. The van der Waals surface area contributed by atoms with Crippen LogP contribution in [0.4, 0.5) is 11.4 Å². The Balaban J connectivity index is 2.09. The first-order valence-electron chi connectivity index (χ1n) is 9.44. The largest absolute Gasteiger partial charge is 0.496 e. The van der Waals surface area contributed by atoms with Gasteiger partial charge in [-0.1, -0.05) is 17.3 Å². The molecule has 0 radical (unpaired) electrons. The molecule has 11 nitrogen and oxygen atoms in total. The standard InChI is InChI=1S/C22H19N5O6/c1-13(18-6-4-5-7-19(18)31-2)25-33-17-9-15(8-16(10-17)27(29)30)26-12-14(11-23)20(24)21(26)22(28)32-3/h4-10,12H,24H2,1-3H3. The number of anilines is 1. The molecule has 0 amide bonds. The predicted octanol–water partition coefficient (Wildman–Crippen LogP) is 3.44. The van der Waals surface area contributed by atoms with E-state index in [1.165, 1.54) is 36.1 Å². The number of oxime groups is 1. The number of para-hydroxylation sites is 1. The van der Waals surface area contributed by atoms with Crippen LogP contribution < -0.4 is 15.3 Å². The van der Waals surface area contributed by atoms with Gasteiger partial charge in [0.1, 0.15) is 11.8 Å². The summed E-state index contributed by atoms with van der Waals surface area (Å²) in [7, 11) is 2.68. The SMILES string of the molecule is COC(=O)c1c(N)c(C#N)cn1-c1cc(ON=C(C)c2ccccc2OC)cc([N+](=O)[O-])c1. The van der Waals surface area contributed by atoms with Crippen molar-refractivity contribution >= 4 is 23.1 Å². The summed E-state index contributed by atoms with van der Waals surface area (Å²) >= 11 is 0. The van der Waals surface area contributed by atoms with Crippen molar-refractivity contribution in [1.82, 2.24) is 4.57 Å². The highest BCUT2D eigenvalue weighted by Crippen LogP contribution is 2.30. The maximum atomic E-state index is 12.3. The maximum absolute atomic E-state index is 12.3. The van der Waals surface area contributed by atoms with Crippen molar-refractivity contribution in [2.24, 2.45) is 5.16 Å². The van der Waals surface area contributed by atoms with Crippen molar-refractivity contribution in [2.45, 2.75) is 6.92 Å². The normalized spacial score (nSPS) is 10.9. The molecular weight excluding hydrogens is 430 g/mol. The number of nitro groups is 1. The number of ether oxygens (including phenoxy) is 2. The molecule has 0 saturated carbocycles. The van der Waals surface area contributed by atoms with Gasteiger partial charge in [0.15, 0.2) is 11.4 Å². The Bertz CT molecular complexity index is 1310. The summed E-state index contributed by atoms with van der Waals surface area (Å²) in [5.41, 5.74) is 6.64. The molecule has 33 heavy (non-hydrogen) atoms. The molecule has 0 unspecified atom stereocenters. The van der Waals surface area contributed by atoms with Crippen LogP contribution in [0.1, 0.15) is 28.5 Å². The summed E-state index contributed by atoms with van der Waals surface area (Å²) in [6, 6.07) is 12.8. The number of methoxy groups -OCH3 is 2. The molecule has 0 saturated heterocycles. The number of aromatic nitrogens is 1. The van der Waals surface area contributed by atoms with Gasteiger partial charge in [0, 0.05) is 23.9 Å². The van der Waals surface area contributed by atoms with Crippen LogP contribution in [0.15, 0.2) is 53.8 Å². The molecule has 2 N–H and O–H groups in total. The summed E-state index contributed by atoms with van der Waals surface area (Å²) in [5, 5.41) is 24.9. The lowest BCUT2D eigenvalue weighted by molar-refractivity contribution is -0.384. The highest BCUT2D eigenvalue weighted by atomic mass is 16.6. The number of esters is 1. The average Bonchev–Trinajstić information content (AvgIpc) is 3.17. The van der Waals surface area contributed by atoms with Crippen LogP contribution in [-0.2, 0) is 4.74 Å². The first-order valence-corrected chi connectivity index (χ1v) is 9.44. The lowest BCUT2D eigenvalue weighted by Gasteiger charge is -2.10. The molecule has 0 fully saturated rings. The molecule has 0 atom stereocenters. The Kier molecular flexibility index (Phi) is 6.59. The molecule has 1 heterocycles. The summed E-state index contributed by atoms with van der Waals surface area (Å²) < 4.78 is 11.3. The van der Waals surface area contributed by atoms with Gasteiger partial charge in [-0.05, 0) is 19.1 Å². The number of benzene rings is 2. The van der Waals surface area contributed by atoms with Crippen molar-refractivity contribution in [3.63, 3.8) is 0 Å². The number of nitriles is 1. The lowest BCUT2D eigenvalue weighted by atomic mass is 10.1. The van der Waals surface area contributed by atoms with Crippen LogP contribution in [-0.4, -0.2) is 35.4 Å². The van der Waals surface area contributed by atoms with E-state index in [2.05, 4.69) is 5.16 Å². The minimum atomic E-state index is -0.812. The van der Waals surface area contributed by atoms with Gasteiger partial charge in [-0.2, -0.15) is 5.26 Å². The molecule has 0 bridgehead atoms. The maximum Gasteiger partial charge on any atom is 0.357 e. The fourth-order valence-corrected chi connectivity index (χ4v) is 3.10. The molecule has 3 aromatic rings. The van der Waals surface area contributed by atoms with E-state index in [1.807, 2.05) is 6.07 Å². The minimum Gasteiger partial charge on any atom is -0.496 e. The second-order valence-electron chi connectivity index (χ2n) is 6.69. The van der Waals surface area contributed by atoms with E-state index < -0.39 is 10.9 Å². The molecule has 168 valence electrons. The van der Waals surface area contributed by atoms with Crippen LogP contribution in [0, 0.1) is 21.4 Å². The monoisotopic (exact) mass is 449 g/mol. The van der Waals surface area contributed by atoms with E-state index in [9.17, 15) is 20.2 Å². The Labute approximate surface area is 188 Å². The third kappa shape index (κ3) is 4.59. The fourth-order valence-electron chi connectivity index (χ4n) is 3.10. The number of nitrogens with zero attached hydrogens (tertiary/aromatic N) is 4. The zero-order valence-corrected chi connectivity index (χ0v) is 17.9. The van der Waals surface area contributed by atoms with Crippen LogP contribution in [0.3, 0.4) is 0 Å². The van der Waals surface area contributed by atoms with Gasteiger partial charge in [-0.25, -0.2) is 4.79 Å². The van der Waals surface area contributed by atoms with Crippen molar-refractivity contribution in [3.8, 4) is 23.3 Å². The van der Waals surface area contributed by atoms with Gasteiger partial charge in [-0.3, -0.25) is 10.1 Å². The number of non-ortho nitro benzene ring substituents is 1. The topological polar surface area (TPSA) is 155 Å². The van der Waals surface area contributed by atoms with Gasteiger partial charge in [0.25, 0.3) is 5.69 Å². The van der Waals surface area contributed by atoms with Gasteiger partial charge >= 0.3 is 5.97 Å². The number of nitrogen functional groups attached to an aromatic ring is 1. The van der Waals surface area contributed by atoms with Gasteiger partial charge in [-0.15, -0.1) is 0 Å². The zero-order chi connectivity index (χ0) is 24.1. The van der Waals surface area contributed by atoms with Crippen LogP contribution in [0.25, 0.3) is 5.69 Å². The average molecular weight is 449 g/mol. The molecule has 0 aliphatic carbocycles. The lowest BCUT2D eigenvalue weighted by Crippen LogP contribution is -2.11. The molecule has 0 aliphatic heterocycles. The van der Waals surface area contributed by atoms with Gasteiger partial charge in [0.05, 0.1) is 47.9 Å². The van der Waals surface area contributed by atoms with E-state index in [0.29, 0.717) is 17.0 Å². The first-order chi connectivity index (χ1) is 15.8. The van der Waals surface area contributed by atoms with E-state index in [-0.39, 0.29) is 34.1 Å². The zero-order valence-electron chi connectivity index (χ0n) is 17.9. The van der Waals surface area contributed by atoms with Crippen LogP contribution in [0.2, 0.25) is 0 Å². The Morgan fingerprint density at radius 1 is 1.24 bits per heavy atom.